The van der Waals surface area contributed by atoms with Crippen molar-refractivity contribution in [1.82, 2.24) is 14.7 Å². The molecule has 0 bridgehead atoms. The van der Waals surface area contributed by atoms with E-state index in [1.807, 2.05) is 89.8 Å². The summed E-state index contributed by atoms with van der Waals surface area (Å²) >= 11 is 8.79. The van der Waals surface area contributed by atoms with E-state index in [0.717, 1.165) is 31.1 Å². The van der Waals surface area contributed by atoms with Gasteiger partial charge < -0.3 is 24.4 Å². The van der Waals surface area contributed by atoms with Crippen molar-refractivity contribution in [2.45, 2.75) is 37.9 Å². The van der Waals surface area contributed by atoms with Gasteiger partial charge in [0, 0.05) is 11.0 Å². The van der Waals surface area contributed by atoms with Crippen molar-refractivity contribution < 1.29 is 50.4 Å². The summed E-state index contributed by atoms with van der Waals surface area (Å²) in [6.45, 7) is -0.916. The number of amides is 2. The molecule has 3 aromatic carbocycles. The van der Waals surface area contributed by atoms with Crippen LogP contribution in [0.2, 0.25) is 0 Å². The van der Waals surface area contributed by atoms with Gasteiger partial charge >= 0.3 is 11.9 Å². The van der Waals surface area contributed by atoms with Gasteiger partial charge in [0.2, 0.25) is 11.6 Å². The molecule has 0 aromatic heterocycles. The highest BCUT2D eigenvalue weighted by atomic mass is 79.9. The third kappa shape index (κ3) is 9.13. The normalized spacial score (nSPS) is 22.6. The summed E-state index contributed by atoms with van der Waals surface area (Å²) < 4.78 is 70.8. The number of hydrogen-bond donors (Lipinski definition) is 2. The largest absolute Gasteiger partial charge is 0.480 e. The average Bonchev–Trinajstić information content (AvgIpc) is 3.86. The van der Waals surface area contributed by atoms with Crippen molar-refractivity contribution in [3.63, 3.8) is 0 Å². The minimum atomic E-state index is -4.53. The van der Waals surface area contributed by atoms with E-state index in [9.17, 15) is 40.9 Å². The lowest BCUT2D eigenvalue weighted by Gasteiger charge is -2.27. The third-order valence-corrected chi connectivity index (χ3v) is 13.2. The predicted octanol–water partition coefficient (Wildman–Crippen LogP) is 4.23. The van der Waals surface area contributed by atoms with Gasteiger partial charge in [0.1, 0.15) is 12.6 Å². The number of fused-ring (bicyclic) bond motifs is 1. The topological polar surface area (TPSA) is 191 Å². The van der Waals surface area contributed by atoms with Gasteiger partial charge in [-0.3, -0.25) is 28.7 Å². The number of carbonyl (C=O) groups excluding carboxylic acids is 2. The number of aliphatic carboxylic acids is 1. The number of carbonyl (C=O) groups is 3. The van der Waals surface area contributed by atoms with Gasteiger partial charge in [-0.15, -0.1) is 0 Å². The average molecular weight is 914 g/mol. The molecule has 4 aliphatic rings. The van der Waals surface area contributed by atoms with Crippen molar-refractivity contribution in [1.29, 1.82) is 0 Å². The molecule has 304 valence electrons. The highest BCUT2D eigenvalue weighted by Crippen LogP contribution is 2.42. The Morgan fingerprint density at radius 3 is 2.31 bits per heavy atom. The first kappa shape index (κ1) is 41.1. The highest BCUT2D eigenvalue weighted by molar-refractivity contribution is 9.10. The van der Waals surface area contributed by atoms with E-state index >= 15 is 0 Å². The van der Waals surface area contributed by atoms with Crippen LogP contribution in [0.3, 0.4) is 0 Å². The van der Waals surface area contributed by atoms with Crippen LogP contribution in [0.25, 0.3) is 0 Å². The molecule has 3 saturated heterocycles. The minimum absolute atomic E-state index is 0.00760. The number of rotatable bonds is 13. The summed E-state index contributed by atoms with van der Waals surface area (Å²) in [5.41, 5.74) is 3.40. The molecule has 58 heavy (non-hydrogen) atoms. The lowest BCUT2D eigenvalue weighted by atomic mass is 9.97. The number of carboxylic acid groups (broad SMARTS) is 1. The van der Waals surface area contributed by atoms with E-state index < -0.39 is 85.4 Å². The second-order valence-electron chi connectivity index (χ2n) is 14.0. The zero-order valence-corrected chi connectivity index (χ0v) is 34.7. The van der Waals surface area contributed by atoms with Gasteiger partial charge in [-0.1, -0.05) is 88.2 Å². The molecule has 15 nitrogen and oxygen atoms in total. The first-order chi connectivity index (χ1) is 27.6. The zero-order chi connectivity index (χ0) is 41.4. The van der Waals surface area contributed by atoms with E-state index in [0.29, 0.717) is 30.2 Å². The number of anilines is 1. The maximum atomic E-state index is 14.7. The Bertz CT molecular complexity index is 2480. The Hall–Kier alpha value is -5.08. The molecule has 2 amide bonds. The van der Waals surface area contributed by atoms with Gasteiger partial charge in [-0.25, -0.2) is 8.42 Å². The van der Waals surface area contributed by atoms with Crippen molar-refractivity contribution >= 4 is 76.7 Å². The highest BCUT2D eigenvalue weighted by Gasteiger charge is 2.53. The Kier molecular flexibility index (Phi) is 11.8. The first-order valence-electron chi connectivity index (χ1n) is 18.0. The summed E-state index contributed by atoms with van der Waals surface area (Å²) in [6, 6.07) is 22.7. The smallest absolute Gasteiger partial charge is 0.323 e. The number of allylic oxidation sites excluding steroid dienone is 2. The van der Waals surface area contributed by atoms with Crippen LogP contribution in [-0.4, -0.2) is 107 Å². The molecule has 3 aromatic rings. The van der Waals surface area contributed by atoms with Crippen LogP contribution < -0.4 is 9.64 Å². The van der Waals surface area contributed by atoms with E-state index in [2.05, 4.69) is 15.9 Å². The maximum Gasteiger partial charge on any atom is 0.323 e. The number of benzene rings is 3. The second-order valence-corrected chi connectivity index (χ2v) is 19.1. The Morgan fingerprint density at radius 2 is 1.67 bits per heavy atom. The summed E-state index contributed by atoms with van der Waals surface area (Å²) in [5, 5.41) is 9.71. The molecule has 0 radical (unpaired) electrons. The molecule has 4 heterocycles. The second kappa shape index (κ2) is 16.6. The Morgan fingerprint density at radius 1 is 0.983 bits per heavy atom. The van der Waals surface area contributed by atoms with Gasteiger partial charge in [-0.2, -0.15) is 8.42 Å². The number of thiocarbonyl (C=S) groups is 1. The molecule has 0 spiro atoms. The van der Waals surface area contributed by atoms with Crippen LogP contribution in [0.4, 0.5) is 5.69 Å². The van der Waals surface area contributed by atoms with E-state index in [4.69, 9.17) is 21.7 Å². The standard InChI is InChI=1S/C39H37BrN4O11S3/c40-28-12-13-32-30(21-28)42(22-26-9-5-2-6-10-26)33(54-32)14-11-27(19-25-7-3-1-4-8-25)20-31-37(47)44(29-15-17-57(49,50)24-29)36(43(31)23-34(45)46)35-38(48)41(39(56)55-35)16-18-58(51,52)53/h1-14,21,29,31H,15-20,22-24H2,(H,45,46)(H,51,52,53). The monoisotopic (exact) mass is 912 g/mol. The van der Waals surface area contributed by atoms with Crippen LogP contribution in [-0.2, 0) is 52.0 Å². The summed E-state index contributed by atoms with van der Waals surface area (Å²) in [4.78, 5) is 46.2. The fraction of sp³-hybridized carbons (Fsp3) is 0.282. The molecule has 0 aliphatic carbocycles. The molecular formula is C39H37BrN4O11S3. The molecule has 4 aliphatic heterocycles. The van der Waals surface area contributed by atoms with Gasteiger partial charge in [-0.05, 0) is 66.9 Å². The molecule has 3 fully saturated rings. The lowest BCUT2D eigenvalue weighted by molar-refractivity contribution is -0.138. The van der Waals surface area contributed by atoms with E-state index in [1.165, 1.54) is 4.90 Å². The number of sulfone groups is 1. The number of hydrogen-bond acceptors (Lipinski definition) is 12. The van der Waals surface area contributed by atoms with Gasteiger partial charge in [0.15, 0.2) is 21.4 Å². The van der Waals surface area contributed by atoms with Crippen LogP contribution in [0, 0.1) is 0 Å². The van der Waals surface area contributed by atoms with Crippen LogP contribution in [0.15, 0.2) is 119 Å². The zero-order valence-electron chi connectivity index (χ0n) is 30.6. The SMILES string of the molecule is O=C(O)CN1C(=C2OC(=S)N(CCS(=O)(=O)O)C2=O)N(C2CCS(=O)(=O)C2)C(=O)C1CC(=CC=C1Oc2ccc(Br)cc2N1Cc1ccccc1)Cc1ccccc1. The number of ether oxygens (including phenoxy) is 2. The fourth-order valence-corrected chi connectivity index (χ4v) is 10.1. The molecule has 2 N–H and O–H groups in total. The molecule has 19 heteroatoms. The van der Waals surface area contributed by atoms with Crippen LogP contribution in [0.1, 0.15) is 24.0 Å². The number of nitrogens with zero attached hydrogens (tertiary/aromatic N) is 4. The van der Waals surface area contributed by atoms with E-state index in [-0.39, 0.29) is 24.4 Å². The quantitative estimate of drug-likeness (QED) is 0.141. The minimum Gasteiger partial charge on any atom is -0.480 e. The number of carboxylic acids is 1. The van der Waals surface area contributed by atoms with Crippen LogP contribution in [0.5, 0.6) is 5.75 Å². The van der Waals surface area contributed by atoms with E-state index in [1.54, 1.807) is 6.08 Å². The molecule has 0 saturated carbocycles. The van der Waals surface area contributed by atoms with Gasteiger partial charge in [0.05, 0.1) is 35.5 Å². The fourth-order valence-electron chi connectivity index (χ4n) is 7.34. The molecule has 2 atom stereocenters. The van der Waals surface area contributed by atoms with Crippen molar-refractivity contribution in [2.24, 2.45) is 0 Å². The molecule has 2 unspecified atom stereocenters. The predicted molar refractivity (Wildman–Crippen MR) is 219 cm³/mol. The van der Waals surface area contributed by atoms with Crippen molar-refractivity contribution in [3.8, 4) is 5.75 Å². The summed E-state index contributed by atoms with van der Waals surface area (Å²) in [7, 11) is -8.14. The first-order valence-corrected chi connectivity index (χ1v) is 22.7. The summed E-state index contributed by atoms with van der Waals surface area (Å²) in [6.07, 6.45) is 3.85. The number of halogens is 1. The summed E-state index contributed by atoms with van der Waals surface area (Å²) in [5.74, 6) is -4.29. The van der Waals surface area contributed by atoms with Gasteiger partial charge in [0.25, 0.3) is 21.2 Å². The Labute approximate surface area is 348 Å². The lowest BCUT2D eigenvalue weighted by Crippen LogP contribution is -2.39. The van der Waals surface area contributed by atoms with Crippen molar-refractivity contribution in [2.75, 3.05) is 35.2 Å². The Balaban J connectivity index is 1.31. The third-order valence-electron chi connectivity index (χ3n) is 9.97. The van der Waals surface area contributed by atoms with Crippen LogP contribution >= 0.6 is 28.1 Å². The molecule has 7 rings (SSSR count). The molecular weight excluding hydrogens is 877 g/mol. The van der Waals surface area contributed by atoms with Crippen molar-refractivity contribution in [3.05, 3.63) is 130 Å². The maximum absolute atomic E-state index is 14.7.